The molecule has 2 amide bonds. The van der Waals surface area contributed by atoms with Gasteiger partial charge in [-0.15, -0.1) is 0 Å². The summed E-state index contributed by atoms with van der Waals surface area (Å²) in [5.41, 5.74) is 0.595. The largest absolute Gasteiger partial charge is 0.478 e. The highest BCUT2D eigenvalue weighted by molar-refractivity contribution is 6.00. The molecule has 0 aromatic carbocycles. The molecular formula is C12H16N4O4. The lowest BCUT2D eigenvalue weighted by Gasteiger charge is -2.28. The number of carbonyl (C=O) groups is 3. The summed E-state index contributed by atoms with van der Waals surface area (Å²) in [7, 11) is 3.09. The Morgan fingerprint density at radius 1 is 1.50 bits per heavy atom. The standard InChI is InChI=1S/C12H16N4O4/c1-15-10(17)4-3-8(11(15)18)13-6-9-7(12(19)20)5-14-16(9)2/h5,8,13H,3-4,6H2,1-2H3,(H,19,20). The Morgan fingerprint density at radius 3 is 2.85 bits per heavy atom. The minimum absolute atomic E-state index is 0.104. The molecule has 1 aromatic rings. The van der Waals surface area contributed by atoms with E-state index in [0.717, 1.165) is 4.90 Å². The van der Waals surface area contributed by atoms with Crippen LogP contribution < -0.4 is 5.32 Å². The molecule has 1 fully saturated rings. The number of carboxylic acid groups (broad SMARTS) is 1. The van der Waals surface area contributed by atoms with Crippen molar-refractivity contribution in [1.29, 1.82) is 0 Å². The minimum atomic E-state index is -1.06. The van der Waals surface area contributed by atoms with Gasteiger partial charge in [-0.25, -0.2) is 4.79 Å². The SMILES string of the molecule is CN1C(=O)CCC(NCc2c(C(=O)O)cnn2C)C1=O. The molecule has 1 aliphatic rings. The average Bonchev–Trinajstić information content (AvgIpc) is 2.77. The van der Waals surface area contributed by atoms with Crippen molar-refractivity contribution in [3.63, 3.8) is 0 Å². The summed E-state index contributed by atoms with van der Waals surface area (Å²) in [4.78, 5) is 35.4. The van der Waals surface area contributed by atoms with Gasteiger partial charge in [0.2, 0.25) is 11.8 Å². The number of rotatable bonds is 4. The van der Waals surface area contributed by atoms with E-state index in [0.29, 0.717) is 18.5 Å². The van der Waals surface area contributed by atoms with Gasteiger partial charge in [-0.05, 0) is 6.42 Å². The summed E-state index contributed by atoms with van der Waals surface area (Å²) in [5.74, 6) is -1.54. The van der Waals surface area contributed by atoms with Gasteiger partial charge in [-0.2, -0.15) is 5.10 Å². The van der Waals surface area contributed by atoms with Crippen LogP contribution >= 0.6 is 0 Å². The molecule has 8 nitrogen and oxygen atoms in total. The highest BCUT2D eigenvalue weighted by Crippen LogP contribution is 2.13. The molecule has 8 heteroatoms. The van der Waals surface area contributed by atoms with Crippen molar-refractivity contribution in [3.05, 3.63) is 17.5 Å². The van der Waals surface area contributed by atoms with Crippen LogP contribution in [0.25, 0.3) is 0 Å². The number of hydrogen-bond acceptors (Lipinski definition) is 5. The summed E-state index contributed by atoms with van der Waals surface area (Å²) in [6, 6.07) is -0.478. The molecule has 1 aliphatic heterocycles. The molecule has 1 unspecified atom stereocenters. The van der Waals surface area contributed by atoms with Crippen molar-refractivity contribution in [2.45, 2.75) is 25.4 Å². The fourth-order valence-electron chi connectivity index (χ4n) is 2.18. The first kappa shape index (κ1) is 14.2. The van der Waals surface area contributed by atoms with E-state index in [1.54, 1.807) is 7.05 Å². The van der Waals surface area contributed by atoms with Crippen LogP contribution in [-0.4, -0.2) is 50.7 Å². The molecule has 0 bridgehead atoms. The molecule has 0 aliphatic carbocycles. The monoisotopic (exact) mass is 280 g/mol. The van der Waals surface area contributed by atoms with Crippen LogP contribution in [-0.2, 0) is 23.2 Å². The van der Waals surface area contributed by atoms with Gasteiger partial charge < -0.3 is 10.4 Å². The fraction of sp³-hybridized carbons (Fsp3) is 0.500. The smallest absolute Gasteiger partial charge is 0.339 e. The summed E-state index contributed by atoms with van der Waals surface area (Å²) < 4.78 is 1.46. The van der Waals surface area contributed by atoms with Crippen molar-refractivity contribution in [3.8, 4) is 0 Å². The Hall–Kier alpha value is -2.22. The van der Waals surface area contributed by atoms with Crippen LogP contribution in [0, 0.1) is 0 Å². The van der Waals surface area contributed by atoms with Crippen LogP contribution in [0.3, 0.4) is 0 Å². The van der Waals surface area contributed by atoms with Gasteiger partial charge in [0.1, 0.15) is 5.56 Å². The molecule has 20 heavy (non-hydrogen) atoms. The highest BCUT2D eigenvalue weighted by atomic mass is 16.4. The summed E-state index contributed by atoms with van der Waals surface area (Å²) in [5, 5.41) is 15.9. The van der Waals surface area contributed by atoms with Gasteiger partial charge in [0.25, 0.3) is 0 Å². The maximum absolute atomic E-state index is 11.9. The predicted molar refractivity (Wildman–Crippen MR) is 67.8 cm³/mol. The van der Waals surface area contributed by atoms with E-state index >= 15 is 0 Å². The highest BCUT2D eigenvalue weighted by Gasteiger charge is 2.31. The molecule has 108 valence electrons. The van der Waals surface area contributed by atoms with Gasteiger partial charge in [0.05, 0.1) is 17.9 Å². The van der Waals surface area contributed by atoms with Crippen molar-refractivity contribution in [1.82, 2.24) is 20.0 Å². The van der Waals surface area contributed by atoms with Gasteiger partial charge in [-0.3, -0.25) is 19.2 Å². The summed E-state index contributed by atoms with van der Waals surface area (Å²) in [6.07, 6.45) is 2.00. The Labute approximate surface area is 115 Å². The number of carboxylic acids is 1. The molecule has 2 rings (SSSR count). The number of likely N-dealkylation sites (tertiary alicyclic amines) is 1. The van der Waals surface area contributed by atoms with Crippen molar-refractivity contribution in [2.75, 3.05) is 7.05 Å². The second-order valence-electron chi connectivity index (χ2n) is 4.70. The Kier molecular flexibility index (Phi) is 3.84. The van der Waals surface area contributed by atoms with Crippen LogP contribution in [0.4, 0.5) is 0 Å². The average molecular weight is 280 g/mol. The number of carbonyl (C=O) groups excluding carboxylic acids is 2. The number of nitrogens with one attached hydrogen (secondary N) is 1. The number of amides is 2. The van der Waals surface area contributed by atoms with E-state index in [1.807, 2.05) is 0 Å². The molecular weight excluding hydrogens is 264 g/mol. The number of nitrogens with zero attached hydrogens (tertiary/aromatic N) is 3. The molecule has 0 spiro atoms. The molecule has 1 saturated heterocycles. The Balaban J connectivity index is 2.06. The van der Waals surface area contributed by atoms with Crippen LogP contribution in [0.5, 0.6) is 0 Å². The third-order valence-electron chi connectivity index (χ3n) is 3.46. The van der Waals surface area contributed by atoms with E-state index < -0.39 is 12.0 Å². The molecule has 1 atom stereocenters. The van der Waals surface area contributed by atoms with Gasteiger partial charge in [0, 0.05) is 27.1 Å². The predicted octanol–water partition coefficient (Wildman–Crippen LogP) is -0.645. The number of likely N-dealkylation sites (N-methyl/N-ethyl adjacent to an activating group) is 1. The van der Waals surface area contributed by atoms with E-state index in [-0.39, 0.29) is 23.9 Å². The third-order valence-corrected chi connectivity index (χ3v) is 3.46. The second-order valence-corrected chi connectivity index (χ2v) is 4.70. The maximum Gasteiger partial charge on any atom is 0.339 e. The summed E-state index contributed by atoms with van der Waals surface area (Å²) >= 11 is 0. The van der Waals surface area contributed by atoms with E-state index in [9.17, 15) is 14.4 Å². The number of imide groups is 1. The van der Waals surface area contributed by atoms with Gasteiger partial charge in [-0.1, -0.05) is 0 Å². The van der Waals surface area contributed by atoms with Crippen LogP contribution in [0.1, 0.15) is 28.9 Å². The van der Waals surface area contributed by atoms with E-state index in [2.05, 4.69) is 10.4 Å². The number of piperidine rings is 1. The summed E-state index contributed by atoms with van der Waals surface area (Å²) in [6.45, 7) is 0.205. The zero-order valence-corrected chi connectivity index (χ0v) is 11.3. The Bertz CT molecular complexity index is 566. The van der Waals surface area contributed by atoms with Crippen molar-refractivity contribution in [2.24, 2.45) is 7.05 Å². The van der Waals surface area contributed by atoms with E-state index in [4.69, 9.17) is 5.11 Å². The van der Waals surface area contributed by atoms with Gasteiger partial charge >= 0.3 is 5.97 Å². The first-order valence-corrected chi connectivity index (χ1v) is 6.19. The molecule has 2 N–H and O–H groups in total. The van der Waals surface area contributed by atoms with Crippen LogP contribution in [0.15, 0.2) is 6.20 Å². The number of aromatic carboxylic acids is 1. The normalized spacial score (nSPS) is 19.5. The lowest BCUT2D eigenvalue weighted by atomic mass is 10.0. The number of aromatic nitrogens is 2. The number of aryl methyl sites for hydroxylation is 1. The molecule has 0 saturated carbocycles. The zero-order chi connectivity index (χ0) is 14.9. The molecule has 0 radical (unpaired) electrons. The fourth-order valence-corrected chi connectivity index (χ4v) is 2.18. The topological polar surface area (TPSA) is 105 Å². The van der Waals surface area contributed by atoms with Gasteiger partial charge in [0.15, 0.2) is 0 Å². The lowest BCUT2D eigenvalue weighted by molar-refractivity contribution is -0.148. The molecule has 2 heterocycles. The quantitative estimate of drug-likeness (QED) is 0.711. The lowest BCUT2D eigenvalue weighted by Crippen LogP contribution is -2.51. The minimum Gasteiger partial charge on any atom is -0.478 e. The number of hydrogen-bond donors (Lipinski definition) is 2. The first-order valence-electron chi connectivity index (χ1n) is 6.19. The second kappa shape index (κ2) is 5.41. The Morgan fingerprint density at radius 2 is 2.20 bits per heavy atom. The van der Waals surface area contributed by atoms with Crippen molar-refractivity contribution < 1.29 is 19.5 Å². The first-order chi connectivity index (χ1) is 9.41. The van der Waals surface area contributed by atoms with E-state index in [1.165, 1.54) is 17.9 Å². The van der Waals surface area contributed by atoms with Crippen molar-refractivity contribution >= 4 is 17.8 Å². The molecule has 1 aromatic heterocycles. The zero-order valence-electron chi connectivity index (χ0n) is 11.3. The maximum atomic E-state index is 11.9. The third kappa shape index (κ3) is 2.55. The van der Waals surface area contributed by atoms with Crippen LogP contribution in [0.2, 0.25) is 0 Å².